The molecule has 174 valence electrons. The fraction of sp³-hybridized carbons (Fsp3) is 0.458. The second-order valence-corrected chi connectivity index (χ2v) is 11.2. The van der Waals surface area contributed by atoms with Crippen molar-refractivity contribution in [3.63, 3.8) is 0 Å². The highest BCUT2D eigenvalue weighted by Crippen LogP contribution is 2.30. The van der Waals surface area contributed by atoms with Crippen LogP contribution < -0.4 is 10.0 Å². The van der Waals surface area contributed by atoms with Crippen molar-refractivity contribution in [3.8, 4) is 11.3 Å². The van der Waals surface area contributed by atoms with Crippen LogP contribution in [0.15, 0.2) is 30.5 Å². The topological polar surface area (TPSA) is 100 Å². The van der Waals surface area contributed by atoms with Crippen molar-refractivity contribution in [2.75, 3.05) is 29.9 Å². The van der Waals surface area contributed by atoms with Gasteiger partial charge in [0.15, 0.2) is 0 Å². The molecule has 1 aliphatic carbocycles. The first kappa shape index (κ1) is 22.0. The van der Waals surface area contributed by atoms with E-state index in [-0.39, 0.29) is 5.75 Å². The number of aromatic nitrogens is 3. The van der Waals surface area contributed by atoms with Gasteiger partial charge in [0.1, 0.15) is 5.52 Å². The van der Waals surface area contributed by atoms with Gasteiger partial charge in [0.05, 0.1) is 28.8 Å². The third-order valence-corrected chi connectivity index (χ3v) is 8.08. The van der Waals surface area contributed by atoms with E-state index in [1.165, 1.54) is 12.8 Å². The minimum absolute atomic E-state index is 0.105. The minimum atomic E-state index is -3.22. The zero-order chi connectivity index (χ0) is 23.2. The van der Waals surface area contributed by atoms with Gasteiger partial charge in [-0.15, -0.1) is 0 Å². The summed E-state index contributed by atoms with van der Waals surface area (Å²) in [5.41, 5.74) is 6.08. The Labute approximate surface area is 194 Å². The highest BCUT2D eigenvalue weighted by Gasteiger charge is 2.23. The van der Waals surface area contributed by atoms with E-state index in [0.717, 1.165) is 46.3 Å². The molecule has 0 saturated heterocycles. The molecule has 1 fully saturated rings. The molecule has 0 atom stereocenters. The Kier molecular flexibility index (Phi) is 5.70. The Bertz CT molecular complexity index is 1300. The van der Waals surface area contributed by atoms with E-state index in [2.05, 4.69) is 34.0 Å². The number of pyridine rings is 1. The quantitative estimate of drug-likeness (QED) is 0.606. The molecule has 2 aliphatic rings. The summed E-state index contributed by atoms with van der Waals surface area (Å²) in [6.45, 7) is 2.04. The summed E-state index contributed by atoms with van der Waals surface area (Å²) in [6, 6.07) is 8.84. The van der Waals surface area contributed by atoms with Crippen LogP contribution in [0.3, 0.4) is 0 Å². The maximum Gasteiger partial charge on any atom is 0.233 e. The molecule has 5 rings (SSSR count). The van der Waals surface area contributed by atoms with Crippen LogP contribution >= 0.6 is 0 Å². The average molecular weight is 467 g/mol. The normalized spacial score (nSPS) is 22.1. The lowest BCUT2D eigenvalue weighted by molar-refractivity contribution is 0.221. The van der Waals surface area contributed by atoms with Crippen molar-refractivity contribution < 1.29 is 8.42 Å². The number of anilines is 2. The van der Waals surface area contributed by atoms with Crippen LogP contribution in [-0.2, 0) is 16.4 Å². The fourth-order valence-corrected chi connectivity index (χ4v) is 5.97. The van der Waals surface area contributed by atoms with Gasteiger partial charge in [0, 0.05) is 17.6 Å². The average Bonchev–Trinajstić information content (AvgIpc) is 2.79. The van der Waals surface area contributed by atoms with E-state index in [4.69, 9.17) is 9.97 Å². The molecule has 3 heterocycles. The summed E-state index contributed by atoms with van der Waals surface area (Å²) >= 11 is 0. The Balaban J connectivity index is 1.37. The van der Waals surface area contributed by atoms with Gasteiger partial charge in [-0.1, -0.05) is 6.07 Å². The molecule has 0 bridgehead atoms. The highest BCUT2D eigenvalue weighted by atomic mass is 32.2. The fourth-order valence-electron chi connectivity index (χ4n) is 4.84. The number of hydrogen-bond acceptors (Lipinski definition) is 7. The zero-order valence-corrected chi connectivity index (χ0v) is 20.1. The zero-order valence-electron chi connectivity index (χ0n) is 19.3. The molecule has 2 N–H and O–H groups in total. The molecular weight excluding hydrogens is 436 g/mol. The molecule has 0 spiro atoms. The van der Waals surface area contributed by atoms with Crippen LogP contribution in [0.2, 0.25) is 0 Å². The number of benzene rings is 1. The maximum absolute atomic E-state index is 11.8. The van der Waals surface area contributed by atoms with Crippen LogP contribution in [0.25, 0.3) is 22.3 Å². The second-order valence-electron chi connectivity index (χ2n) is 9.41. The molecule has 1 aliphatic heterocycles. The summed E-state index contributed by atoms with van der Waals surface area (Å²) in [5, 5.41) is 3.52. The molecule has 9 heteroatoms. The van der Waals surface area contributed by atoms with Crippen molar-refractivity contribution in [1.29, 1.82) is 0 Å². The van der Waals surface area contributed by atoms with Gasteiger partial charge in [-0.25, -0.2) is 23.4 Å². The van der Waals surface area contributed by atoms with E-state index < -0.39 is 10.0 Å². The van der Waals surface area contributed by atoms with Crippen molar-refractivity contribution in [1.82, 2.24) is 19.9 Å². The first-order valence-corrected chi connectivity index (χ1v) is 13.1. The molecular formula is C24H30N6O2S. The third kappa shape index (κ3) is 4.65. The Morgan fingerprint density at radius 2 is 1.88 bits per heavy atom. The van der Waals surface area contributed by atoms with Crippen LogP contribution in [0.4, 0.5) is 11.6 Å². The van der Waals surface area contributed by atoms with Gasteiger partial charge in [-0.3, -0.25) is 4.72 Å². The predicted octanol–water partition coefficient (Wildman–Crippen LogP) is 3.58. The monoisotopic (exact) mass is 466 g/mol. The van der Waals surface area contributed by atoms with Crippen LogP contribution in [0.1, 0.15) is 36.8 Å². The van der Waals surface area contributed by atoms with E-state index in [9.17, 15) is 8.42 Å². The number of hydrogen-bond donors (Lipinski definition) is 2. The summed E-state index contributed by atoms with van der Waals surface area (Å²) in [5.74, 6) is 0.767. The number of nitrogens with zero attached hydrogens (tertiary/aromatic N) is 4. The van der Waals surface area contributed by atoms with Gasteiger partial charge in [0.2, 0.25) is 16.0 Å². The second kappa shape index (κ2) is 8.53. The first-order chi connectivity index (χ1) is 15.8. The summed E-state index contributed by atoms with van der Waals surface area (Å²) in [6.07, 6.45) is 6.90. The number of nitrogens with one attached hydrogen (secondary N) is 2. The van der Waals surface area contributed by atoms with Crippen LogP contribution in [0.5, 0.6) is 0 Å². The predicted molar refractivity (Wildman–Crippen MR) is 132 cm³/mol. The van der Waals surface area contributed by atoms with Gasteiger partial charge in [0.25, 0.3) is 0 Å². The van der Waals surface area contributed by atoms with E-state index in [0.29, 0.717) is 30.1 Å². The molecule has 3 aromatic rings. The summed E-state index contributed by atoms with van der Waals surface area (Å²) < 4.78 is 26.2. The molecule has 0 amide bonds. The molecule has 0 unspecified atom stereocenters. The largest absolute Gasteiger partial charge is 0.351 e. The lowest BCUT2D eigenvalue weighted by atomic mass is 9.91. The maximum atomic E-state index is 11.8. The van der Waals surface area contributed by atoms with Gasteiger partial charge in [-0.2, -0.15) is 0 Å². The van der Waals surface area contributed by atoms with E-state index in [1.807, 2.05) is 31.2 Å². The minimum Gasteiger partial charge on any atom is -0.351 e. The summed E-state index contributed by atoms with van der Waals surface area (Å²) in [7, 11) is 1.09. The number of rotatable bonds is 4. The lowest BCUT2D eigenvalue weighted by Gasteiger charge is -2.32. The lowest BCUT2D eigenvalue weighted by Crippen LogP contribution is -2.36. The highest BCUT2D eigenvalue weighted by molar-refractivity contribution is 7.92. The Morgan fingerprint density at radius 3 is 2.64 bits per heavy atom. The van der Waals surface area contributed by atoms with Crippen molar-refractivity contribution in [3.05, 3.63) is 41.6 Å². The van der Waals surface area contributed by atoms with Crippen molar-refractivity contribution >= 4 is 32.7 Å². The standard InChI is InChI=1S/C24H30N6O2S/c1-15-12-21(16-4-9-20-17(13-16)10-11-33(31,32)29-20)27-22-14-25-24(28-23(15)22)26-18-5-7-19(8-6-18)30(2)3/h4,9,12-14,18-19,29H,5-8,10-11H2,1-3H3,(H,25,26,28). The van der Waals surface area contributed by atoms with Crippen molar-refractivity contribution in [2.24, 2.45) is 0 Å². The van der Waals surface area contributed by atoms with Crippen molar-refractivity contribution in [2.45, 2.75) is 51.1 Å². The third-order valence-electron chi connectivity index (χ3n) is 6.80. The van der Waals surface area contributed by atoms with Gasteiger partial charge >= 0.3 is 0 Å². The smallest absolute Gasteiger partial charge is 0.233 e. The number of fused-ring (bicyclic) bond motifs is 2. The van der Waals surface area contributed by atoms with Crippen LogP contribution in [-0.4, -0.2) is 60.2 Å². The molecule has 33 heavy (non-hydrogen) atoms. The SMILES string of the molecule is Cc1cc(-c2ccc3c(c2)CCS(=O)(=O)N3)nc2cnc(NC3CCC(N(C)C)CC3)nc12. The van der Waals surface area contributed by atoms with Gasteiger partial charge < -0.3 is 10.2 Å². The molecule has 1 saturated carbocycles. The van der Waals surface area contributed by atoms with Crippen LogP contribution in [0, 0.1) is 6.92 Å². The van der Waals surface area contributed by atoms with Gasteiger partial charge in [-0.05, 0) is 82.4 Å². The number of sulfonamides is 1. The molecule has 0 radical (unpaired) electrons. The Morgan fingerprint density at radius 1 is 1.09 bits per heavy atom. The molecule has 8 nitrogen and oxygen atoms in total. The number of aryl methyl sites for hydroxylation is 2. The molecule has 1 aromatic carbocycles. The summed E-state index contributed by atoms with van der Waals surface area (Å²) in [4.78, 5) is 16.4. The molecule has 2 aromatic heterocycles. The van der Waals surface area contributed by atoms with E-state index in [1.54, 1.807) is 6.20 Å². The van der Waals surface area contributed by atoms with E-state index >= 15 is 0 Å². The Hall–Kier alpha value is -2.78. The first-order valence-electron chi connectivity index (χ1n) is 11.5.